The molecule has 2 aromatic carbocycles. The number of rotatable bonds is 8. The van der Waals surface area contributed by atoms with E-state index in [2.05, 4.69) is 10.6 Å². The monoisotopic (exact) mass is 460 g/mol. The summed E-state index contributed by atoms with van der Waals surface area (Å²) in [5, 5.41) is 14.7. The summed E-state index contributed by atoms with van der Waals surface area (Å²) in [5.74, 6) is 0.325. The van der Waals surface area contributed by atoms with Gasteiger partial charge in [0.15, 0.2) is 0 Å². The molecule has 0 spiro atoms. The van der Waals surface area contributed by atoms with Crippen molar-refractivity contribution in [3.8, 4) is 0 Å². The summed E-state index contributed by atoms with van der Waals surface area (Å²) >= 11 is 0. The van der Waals surface area contributed by atoms with Gasteiger partial charge in [-0.2, -0.15) is 0 Å². The van der Waals surface area contributed by atoms with Gasteiger partial charge in [-0.1, -0.05) is 86.3 Å². The van der Waals surface area contributed by atoms with Crippen molar-refractivity contribution in [2.45, 2.75) is 69.2 Å². The molecule has 0 unspecified atom stereocenters. The highest BCUT2D eigenvalue weighted by Crippen LogP contribution is 2.42. The number of nitrogens with one attached hydrogen (secondary N) is 3. The second-order valence-electron chi connectivity index (χ2n) is 9.51. The highest BCUT2D eigenvalue weighted by atomic mass is 16.2. The Morgan fingerprint density at radius 1 is 0.912 bits per heavy atom. The number of benzene rings is 2. The second-order valence-corrected chi connectivity index (χ2v) is 9.51. The summed E-state index contributed by atoms with van der Waals surface area (Å²) in [6.07, 6.45) is 8.90. The topological polar surface area (TPSA) is 85.3 Å². The third-order valence-corrected chi connectivity index (χ3v) is 7.19. The van der Waals surface area contributed by atoms with E-state index < -0.39 is 5.41 Å². The normalized spacial score (nSPS) is 18.5. The molecule has 0 radical (unpaired) electrons. The molecule has 3 N–H and O–H groups in total. The predicted molar refractivity (Wildman–Crippen MR) is 135 cm³/mol. The minimum atomic E-state index is -0.851. The second kappa shape index (κ2) is 11.3. The molecule has 180 valence electrons. The molecule has 1 heterocycles. The lowest BCUT2D eigenvalue weighted by molar-refractivity contribution is -0.129. The highest BCUT2D eigenvalue weighted by molar-refractivity contribution is 6.12. The van der Waals surface area contributed by atoms with Crippen LogP contribution in [0.5, 0.6) is 0 Å². The van der Waals surface area contributed by atoms with Crippen molar-refractivity contribution >= 4 is 17.8 Å². The molecular weight excluding hydrogens is 424 g/mol. The number of hydrogen-bond acceptors (Lipinski definition) is 3. The maximum absolute atomic E-state index is 13.8. The average Bonchev–Trinajstić information content (AvgIpc) is 3.01. The minimum absolute atomic E-state index is 0.0334. The molecule has 4 rings (SSSR count). The number of amides is 3. The fourth-order valence-electron chi connectivity index (χ4n) is 5.33. The van der Waals surface area contributed by atoms with Crippen LogP contribution < -0.4 is 10.6 Å². The third-order valence-electron chi connectivity index (χ3n) is 7.19. The summed E-state index contributed by atoms with van der Waals surface area (Å²) in [7, 11) is 0. The van der Waals surface area contributed by atoms with E-state index in [1.807, 2.05) is 60.7 Å². The van der Waals surface area contributed by atoms with Gasteiger partial charge in [0.05, 0.1) is 0 Å². The molecule has 1 aliphatic carbocycles. The van der Waals surface area contributed by atoms with Crippen molar-refractivity contribution in [3.63, 3.8) is 0 Å². The van der Waals surface area contributed by atoms with Gasteiger partial charge in [-0.05, 0) is 36.8 Å². The summed E-state index contributed by atoms with van der Waals surface area (Å²) in [6, 6.07) is 19.8. The van der Waals surface area contributed by atoms with Gasteiger partial charge in [0.25, 0.3) is 0 Å². The fourth-order valence-corrected chi connectivity index (χ4v) is 5.33. The van der Waals surface area contributed by atoms with E-state index >= 15 is 0 Å². The molecule has 1 saturated heterocycles. The van der Waals surface area contributed by atoms with Crippen LogP contribution in [-0.4, -0.2) is 41.8 Å². The molecule has 2 aromatic rings. The highest BCUT2D eigenvalue weighted by Gasteiger charge is 2.51. The fraction of sp³-hybridized carbons (Fsp3) is 0.464. The van der Waals surface area contributed by atoms with Gasteiger partial charge in [-0.25, -0.2) is 4.79 Å². The smallest absolute Gasteiger partial charge is 0.315 e. The first-order chi connectivity index (χ1) is 16.6. The third kappa shape index (κ3) is 5.32. The molecule has 6 heteroatoms. The van der Waals surface area contributed by atoms with E-state index in [1.54, 1.807) is 4.90 Å². The van der Waals surface area contributed by atoms with E-state index in [0.717, 1.165) is 36.8 Å². The lowest BCUT2D eigenvalue weighted by Crippen LogP contribution is -2.42. The summed E-state index contributed by atoms with van der Waals surface area (Å²) in [6.45, 7) is 1.06. The Labute approximate surface area is 202 Å². The minimum Gasteiger partial charge on any atom is -0.338 e. The number of amidine groups is 1. The zero-order valence-corrected chi connectivity index (χ0v) is 19.9. The van der Waals surface area contributed by atoms with Crippen molar-refractivity contribution in [2.75, 3.05) is 13.1 Å². The van der Waals surface area contributed by atoms with Crippen LogP contribution in [0.3, 0.4) is 0 Å². The largest absolute Gasteiger partial charge is 0.338 e. The van der Waals surface area contributed by atoms with Crippen molar-refractivity contribution < 1.29 is 9.59 Å². The van der Waals surface area contributed by atoms with Gasteiger partial charge < -0.3 is 10.6 Å². The number of unbranched alkanes of at least 4 members (excludes halogenated alkanes) is 1. The van der Waals surface area contributed by atoms with Crippen LogP contribution in [0, 0.1) is 5.41 Å². The van der Waals surface area contributed by atoms with E-state index in [9.17, 15) is 9.59 Å². The van der Waals surface area contributed by atoms with E-state index in [-0.39, 0.29) is 18.0 Å². The quantitative estimate of drug-likeness (QED) is 0.383. The molecule has 0 aromatic heterocycles. The number of urea groups is 1. The molecule has 3 amide bonds. The molecule has 34 heavy (non-hydrogen) atoms. The van der Waals surface area contributed by atoms with E-state index in [0.29, 0.717) is 25.3 Å². The number of hydrogen-bond donors (Lipinski definition) is 3. The molecule has 1 saturated carbocycles. The molecule has 2 fully saturated rings. The molecular formula is C28H36N4O2. The average molecular weight is 461 g/mol. The van der Waals surface area contributed by atoms with Gasteiger partial charge >= 0.3 is 6.03 Å². The molecule has 0 atom stereocenters. The zero-order chi connectivity index (χ0) is 23.8. The van der Waals surface area contributed by atoms with Gasteiger partial charge in [-0.15, -0.1) is 0 Å². The summed E-state index contributed by atoms with van der Waals surface area (Å²) < 4.78 is 0. The Balaban J connectivity index is 1.32. The summed E-state index contributed by atoms with van der Waals surface area (Å²) in [4.78, 5) is 27.6. The lowest BCUT2D eigenvalue weighted by atomic mass is 9.73. The van der Waals surface area contributed by atoms with Crippen LogP contribution in [0.1, 0.15) is 68.9 Å². The van der Waals surface area contributed by atoms with Gasteiger partial charge in [0.1, 0.15) is 11.3 Å². The van der Waals surface area contributed by atoms with Crippen LogP contribution in [0.2, 0.25) is 0 Å². The molecule has 2 aliphatic rings. The van der Waals surface area contributed by atoms with E-state index in [4.69, 9.17) is 5.41 Å². The Kier molecular flexibility index (Phi) is 7.99. The number of carbonyl (C=O) groups is 2. The number of carbonyl (C=O) groups excluding carboxylic acids is 2. The van der Waals surface area contributed by atoms with Crippen LogP contribution in [-0.2, 0) is 10.2 Å². The first-order valence-corrected chi connectivity index (χ1v) is 12.7. The van der Waals surface area contributed by atoms with Crippen LogP contribution in [0.15, 0.2) is 60.7 Å². The Morgan fingerprint density at radius 3 is 2.09 bits per heavy atom. The number of nitrogens with zero attached hydrogens (tertiary/aromatic N) is 1. The first kappa shape index (κ1) is 24.0. The maximum atomic E-state index is 13.8. The lowest BCUT2D eigenvalue weighted by Gasteiger charge is -2.28. The van der Waals surface area contributed by atoms with E-state index in [1.165, 1.54) is 25.7 Å². The van der Waals surface area contributed by atoms with Crippen LogP contribution >= 0.6 is 0 Å². The first-order valence-electron chi connectivity index (χ1n) is 12.7. The number of likely N-dealkylation sites (tertiary alicyclic amines) is 1. The summed E-state index contributed by atoms with van der Waals surface area (Å²) in [5.41, 5.74) is 1.00. The Bertz CT molecular complexity index is 929. The molecule has 0 bridgehead atoms. The van der Waals surface area contributed by atoms with Crippen LogP contribution in [0.25, 0.3) is 0 Å². The van der Waals surface area contributed by atoms with Crippen molar-refractivity contribution in [1.82, 2.24) is 15.5 Å². The van der Waals surface area contributed by atoms with Gasteiger partial charge in [-0.3, -0.25) is 15.1 Å². The van der Waals surface area contributed by atoms with Crippen molar-refractivity contribution in [3.05, 3.63) is 71.8 Å². The predicted octanol–water partition coefficient (Wildman–Crippen LogP) is 4.98. The van der Waals surface area contributed by atoms with Crippen LogP contribution in [0.4, 0.5) is 4.79 Å². The SMILES string of the molecule is N=C1CC(c2ccccc2)(c2ccccc2)C(=O)N1CCCCNC(=O)NC1CCCCCC1. The molecule has 6 nitrogen and oxygen atoms in total. The van der Waals surface area contributed by atoms with Crippen molar-refractivity contribution in [1.29, 1.82) is 5.41 Å². The van der Waals surface area contributed by atoms with Gasteiger partial charge in [0.2, 0.25) is 5.91 Å². The maximum Gasteiger partial charge on any atom is 0.315 e. The Hall–Kier alpha value is -3.15. The zero-order valence-electron chi connectivity index (χ0n) is 19.9. The van der Waals surface area contributed by atoms with Gasteiger partial charge in [0, 0.05) is 25.6 Å². The standard InChI is InChI=1S/C28H36N4O2/c29-25-21-28(22-13-5-3-6-14-22,23-15-7-4-8-16-23)26(33)32(25)20-12-11-19-30-27(34)31-24-17-9-1-2-10-18-24/h3-8,13-16,24,29H,1-2,9-12,17-21H2,(H2,30,31,34). The Morgan fingerprint density at radius 2 is 1.50 bits per heavy atom. The molecule has 1 aliphatic heterocycles. The van der Waals surface area contributed by atoms with Crippen molar-refractivity contribution in [2.24, 2.45) is 0 Å².